The minimum Gasteiger partial charge on any atom is -0.492 e. The van der Waals surface area contributed by atoms with Crippen LogP contribution in [0.15, 0.2) is 54.6 Å². The quantitative estimate of drug-likeness (QED) is 0.718. The zero-order chi connectivity index (χ0) is 16.5. The fourth-order valence-electron chi connectivity index (χ4n) is 2.26. The second kappa shape index (κ2) is 8.70. The van der Waals surface area contributed by atoms with Gasteiger partial charge < -0.3 is 4.74 Å². The normalized spacial score (nSPS) is 11.3. The van der Waals surface area contributed by atoms with Crippen LogP contribution in [0.2, 0.25) is 0 Å². The standard InChI is InChI=1S/C18H23NO3S/c1-16-8-5-6-12-18(16)22-14-13-19-23(20,21)15-7-11-17-9-3-2-4-10-17/h2-6,8-10,12,19H,7,11,13-15H2,1H3. The maximum atomic E-state index is 11.9. The van der Waals surface area contributed by atoms with Crippen molar-refractivity contribution in [2.75, 3.05) is 18.9 Å². The number of sulfonamides is 1. The van der Waals surface area contributed by atoms with E-state index in [4.69, 9.17) is 4.74 Å². The molecule has 0 aromatic heterocycles. The van der Waals surface area contributed by atoms with Gasteiger partial charge in [0.1, 0.15) is 12.4 Å². The Morgan fingerprint density at radius 3 is 2.43 bits per heavy atom. The molecule has 2 rings (SSSR count). The third kappa shape index (κ3) is 6.42. The Bertz CT molecular complexity index is 699. The van der Waals surface area contributed by atoms with Crippen LogP contribution in [0, 0.1) is 6.92 Å². The predicted octanol–water partition coefficient (Wildman–Crippen LogP) is 2.93. The van der Waals surface area contributed by atoms with Gasteiger partial charge in [0.25, 0.3) is 0 Å². The highest BCUT2D eigenvalue weighted by molar-refractivity contribution is 7.89. The Morgan fingerprint density at radius 1 is 1.00 bits per heavy atom. The van der Waals surface area contributed by atoms with Crippen LogP contribution in [0.5, 0.6) is 5.75 Å². The topological polar surface area (TPSA) is 55.4 Å². The van der Waals surface area contributed by atoms with Gasteiger partial charge in [-0.1, -0.05) is 48.5 Å². The van der Waals surface area contributed by atoms with Crippen molar-refractivity contribution in [2.45, 2.75) is 19.8 Å². The highest BCUT2D eigenvalue weighted by atomic mass is 32.2. The summed E-state index contributed by atoms with van der Waals surface area (Å²) in [5.74, 6) is 0.919. The van der Waals surface area contributed by atoms with E-state index in [2.05, 4.69) is 4.72 Å². The molecule has 0 spiro atoms. The lowest BCUT2D eigenvalue weighted by molar-refractivity contribution is 0.320. The van der Waals surface area contributed by atoms with Crippen molar-refractivity contribution in [3.8, 4) is 5.75 Å². The van der Waals surface area contributed by atoms with E-state index < -0.39 is 10.0 Å². The van der Waals surface area contributed by atoms with E-state index in [0.717, 1.165) is 23.3 Å². The zero-order valence-corrected chi connectivity index (χ0v) is 14.2. The average molecular weight is 333 g/mol. The summed E-state index contributed by atoms with van der Waals surface area (Å²) in [5.41, 5.74) is 2.20. The lowest BCUT2D eigenvalue weighted by atomic mass is 10.1. The molecule has 0 amide bonds. The Kier molecular flexibility index (Phi) is 6.62. The average Bonchev–Trinajstić information content (AvgIpc) is 2.54. The molecule has 4 nitrogen and oxygen atoms in total. The van der Waals surface area contributed by atoms with E-state index in [9.17, 15) is 8.42 Å². The zero-order valence-electron chi connectivity index (χ0n) is 13.4. The molecule has 2 aromatic rings. The van der Waals surface area contributed by atoms with Gasteiger partial charge in [-0.15, -0.1) is 0 Å². The minimum atomic E-state index is -3.25. The van der Waals surface area contributed by atoms with Crippen LogP contribution < -0.4 is 9.46 Å². The number of ether oxygens (including phenoxy) is 1. The summed E-state index contributed by atoms with van der Waals surface area (Å²) >= 11 is 0. The second-order valence-electron chi connectivity index (χ2n) is 5.42. The third-order valence-electron chi connectivity index (χ3n) is 3.50. The first kappa shape index (κ1) is 17.5. The molecule has 0 aliphatic carbocycles. The van der Waals surface area contributed by atoms with E-state index in [0.29, 0.717) is 13.0 Å². The van der Waals surface area contributed by atoms with E-state index >= 15 is 0 Å². The van der Waals surface area contributed by atoms with Gasteiger partial charge in [0.2, 0.25) is 10.0 Å². The number of para-hydroxylation sites is 1. The molecule has 0 saturated carbocycles. The molecule has 0 heterocycles. The maximum Gasteiger partial charge on any atom is 0.211 e. The lowest BCUT2D eigenvalue weighted by Gasteiger charge is -2.10. The summed E-state index contributed by atoms with van der Waals surface area (Å²) in [4.78, 5) is 0. The number of hydrogen-bond acceptors (Lipinski definition) is 3. The summed E-state index contributed by atoms with van der Waals surface area (Å²) in [7, 11) is -3.25. The molecule has 0 atom stereocenters. The second-order valence-corrected chi connectivity index (χ2v) is 7.34. The molecule has 1 N–H and O–H groups in total. The largest absolute Gasteiger partial charge is 0.492 e. The monoisotopic (exact) mass is 333 g/mol. The maximum absolute atomic E-state index is 11.9. The van der Waals surface area contributed by atoms with E-state index in [1.54, 1.807) is 0 Å². The Balaban J connectivity index is 1.67. The van der Waals surface area contributed by atoms with Gasteiger partial charge >= 0.3 is 0 Å². The van der Waals surface area contributed by atoms with Crippen molar-refractivity contribution in [2.24, 2.45) is 0 Å². The molecule has 2 aromatic carbocycles. The highest BCUT2D eigenvalue weighted by Gasteiger charge is 2.09. The van der Waals surface area contributed by atoms with Gasteiger partial charge in [-0.2, -0.15) is 0 Å². The Labute approximate surface area is 138 Å². The predicted molar refractivity (Wildman–Crippen MR) is 93.2 cm³/mol. The van der Waals surface area contributed by atoms with Gasteiger partial charge in [-0.3, -0.25) is 0 Å². The summed E-state index contributed by atoms with van der Waals surface area (Å²) in [6.45, 7) is 2.56. The molecule has 5 heteroatoms. The first-order valence-electron chi connectivity index (χ1n) is 7.76. The summed E-state index contributed by atoms with van der Waals surface area (Å²) < 4.78 is 32.0. The molecule has 0 fully saturated rings. The molecule has 0 saturated heterocycles. The van der Waals surface area contributed by atoms with Crippen molar-refractivity contribution in [3.05, 3.63) is 65.7 Å². The van der Waals surface area contributed by atoms with Gasteiger partial charge in [0.15, 0.2) is 0 Å². The molecule has 0 aliphatic rings. The number of aryl methyl sites for hydroxylation is 2. The van der Waals surface area contributed by atoms with Gasteiger partial charge in [0, 0.05) is 6.54 Å². The van der Waals surface area contributed by atoms with Crippen molar-refractivity contribution < 1.29 is 13.2 Å². The molecule has 0 unspecified atom stereocenters. The molecule has 0 aliphatic heterocycles. The van der Waals surface area contributed by atoms with Crippen molar-refractivity contribution >= 4 is 10.0 Å². The van der Waals surface area contributed by atoms with Crippen LogP contribution in [0.1, 0.15) is 17.5 Å². The molecular weight excluding hydrogens is 310 g/mol. The van der Waals surface area contributed by atoms with Crippen LogP contribution in [0.25, 0.3) is 0 Å². The van der Waals surface area contributed by atoms with E-state index in [-0.39, 0.29) is 12.3 Å². The number of rotatable bonds is 9. The van der Waals surface area contributed by atoms with E-state index in [1.165, 1.54) is 0 Å². The number of hydrogen-bond donors (Lipinski definition) is 1. The fraction of sp³-hybridized carbons (Fsp3) is 0.333. The van der Waals surface area contributed by atoms with Gasteiger partial charge in [0.05, 0.1) is 5.75 Å². The molecule has 124 valence electrons. The molecule has 0 radical (unpaired) electrons. The first-order valence-corrected chi connectivity index (χ1v) is 9.42. The first-order chi connectivity index (χ1) is 11.1. The van der Waals surface area contributed by atoms with Crippen LogP contribution >= 0.6 is 0 Å². The van der Waals surface area contributed by atoms with Crippen molar-refractivity contribution in [3.63, 3.8) is 0 Å². The Morgan fingerprint density at radius 2 is 1.70 bits per heavy atom. The SMILES string of the molecule is Cc1ccccc1OCCNS(=O)(=O)CCCc1ccccc1. The molecule has 0 bridgehead atoms. The minimum absolute atomic E-state index is 0.131. The van der Waals surface area contributed by atoms with Crippen LogP contribution in [-0.4, -0.2) is 27.3 Å². The van der Waals surface area contributed by atoms with Crippen molar-refractivity contribution in [1.82, 2.24) is 4.72 Å². The van der Waals surface area contributed by atoms with Crippen LogP contribution in [-0.2, 0) is 16.4 Å². The van der Waals surface area contributed by atoms with Gasteiger partial charge in [-0.25, -0.2) is 13.1 Å². The summed E-state index contributed by atoms with van der Waals surface area (Å²) in [5, 5.41) is 0. The molecular formula is C18H23NO3S. The van der Waals surface area contributed by atoms with Crippen LogP contribution in [0.4, 0.5) is 0 Å². The van der Waals surface area contributed by atoms with Crippen molar-refractivity contribution in [1.29, 1.82) is 0 Å². The van der Waals surface area contributed by atoms with Crippen LogP contribution in [0.3, 0.4) is 0 Å². The fourth-order valence-corrected chi connectivity index (χ4v) is 3.32. The highest BCUT2D eigenvalue weighted by Crippen LogP contribution is 2.15. The molecule has 23 heavy (non-hydrogen) atoms. The van der Waals surface area contributed by atoms with E-state index in [1.807, 2.05) is 61.5 Å². The summed E-state index contributed by atoms with van der Waals surface area (Å²) in [6, 6.07) is 17.6. The summed E-state index contributed by atoms with van der Waals surface area (Å²) in [6.07, 6.45) is 1.37. The lowest BCUT2D eigenvalue weighted by Crippen LogP contribution is -2.30. The third-order valence-corrected chi connectivity index (χ3v) is 4.97. The number of nitrogens with one attached hydrogen (secondary N) is 1. The smallest absolute Gasteiger partial charge is 0.211 e. The number of benzene rings is 2. The van der Waals surface area contributed by atoms with Gasteiger partial charge in [-0.05, 0) is 37.0 Å². The Hall–Kier alpha value is -1.85.